The Balaban J connectivity index is 2.79. The van der Waals surface area contributed by atoms with E-state index >= 15 is 0 Å². The molecule has 0 spiro atoms. The van der Waals surface area contributed by atoms with Crippen LogP contribution in [0.15, 0.2) is 0 Å². The predicted molar refractivity (Wildman–Crippen MR) is 59.7 cm³/mol. The maximum atomic E-state index is 11.2. The van der Waals surface area contributed by atoms with Crippen LogP contribution in [0.3, 0.4) is 0 Å². The van der Waals surface area contributed by atoms with Gasteiger partial charge in [-0.25, -0.2) is 0 Å². The number of rotatable bonds is 3. The summed E-state index contributed by atoms with van der Waals surface area (Å²) in [5, 5.41) is 10.0. The molecule has 1 N–H and O–H groups in total. The van der Waals surface area contributed by atoms with Gasteiger partial charge in [0.05, 0.1) is 5.41 Å². The molecule has 4 heteroatoms. The van der Waals surface area contributed by atoms with E-state index < -0.39 is 11.4 Å². The average Bonchev–Trinajstić information content (AvgIpc) is 2.09. The van der Waals surface area contributed by atoms with Gasteiger partial charge in [0, 0.05) is 10.2 Å². The van der Waals surface area contributed by atoms with E-state index in [1.165, 1.54) is 0 Å². The summed E-state index contributed by atoms with van der Waals surface area (Å²) in [6.45, 7) is 0. The predicted octanol–water partition coefficient (Wildman–Crippen LogP) is 3.18. The van der Waals surface area contributed by atoms with Crippen LogP contribution in [-0.2, 0) is 4.79 Å². The van der Waals surface area contributed by atoms with Crippen molar-refractivity contribution in [1.29, 1.82) is 0 Å². The molecule has 2 nitrogen and oxygen atoms in total. The van der Waals surface area contributed by atoms with Crippen LogP contribution >= 0.6 is 31.9 Å². The number of carboxylic acids is 1. The first kappa shape index (κ1) is 11.5. The Morgan fingerprint density at radius 2 is 2.23 bits per heavy atom. The summed E-state index contributed by atoms with van der Waals surface area (Å²) in [5.41, 5.74) is -0.526. The number of carboxylic acid groups (broad SMARTS) is 1. The third-order valence-corrected chi connectivity index (χ3v) is 4.63. The van der Waals surface area contributed by atoms with Crippen molar-refractivity contribution in [1.82, 2.24) is 0 Å². The van der Waals surface area contributed by atoms with Crippen molar-refractivity contribution in [3.05, 3.63) is 0 Å². The van der Waals surface area contributed by atoms with Gasteiger partial charge in [-0.15, -0.1) is 0 Å². The van der Waals surface area contributed by atoms with Crippen LogP contribution in [0, 0.1) is 5.41 Å². The van der Waals surface area contributed by atoms with Crippen molar-refractivity contribution in [3.8, 4) is 0 Å². The lowest BCUT2D eigenvalue weighted by Crippen LogP contribution is -2.42. The molecule has 0 aromatic carbocycles. The van der Waals surface area contributed by atoms with Gasteiger partial charge in [-0.3, -0.25) is 4.79 Å². The highest BCUT2D eigenvalue weighted by atomic mass is 79.9. The van der Waals surface area contributed by atoms with E-state index in [4.69, 9.17) is 0 Å². The summed E-state index contributed by atoms with van der Waals surface area (Å²) in [6.07, 6.45) is 4.70. The maximum Gasteiger partial charge on any atom is 0.310 e. The number of hydrogen-bond acceptors (Lipinski definition) is 1. The third-order valence-electron chi connectivity index (χ3n) is 2.90. The van der Waals surface area contributed by atoms with Gasteiger partial charge in [0.25, 0.3) is 0 Å². The fourth-order valence-electron chi connectivity index (χ4n) is 1.99. The van der Waals surface area contributed by atoms with E-state index in [1.807, 2.05) is 0 Å². The molecule has 0 aromatic heterocycles. The summed E-state index contributed by atoms with van der Waals surface area (Å²) in [5.74, 6) is -0.645. The van der Waals surface area contributed by atoms with Gasteiger partial charge in [0.2, 0.25) is 0 Å². The zero-order chi connectivity index (χ0) is 9.90. The molecule has 0 saturated heterocycles. The lowest BCUT2D eigenvalue weighted by molar-refractivity contribution is -0.150. The lowest BCUT2D eigenvalue weighted by Gasteiger charge is -2.37. The molecule has 1 aliphatic carbocycles. The average molecular weight is 314 g/mol. The topological polar surface area (TPSA) is 37.3 Å². The van der Waals surface area contributed by atoms with Crippen LogP contribution in [0.2, 0.25) is 0 Å². The van der Waals surface area contributed by atoms with Crippen LogP contribution < -0.4 is 0 Å². The summed E-state index contributed by atoms with van der Waals surface area (Å²) in [7, 11) is 0. The van der Waals surface area contributed by atoms with Crippen molar-refractivity contribution in [2.24, 2.45) is 5.41 Å². The molecule has 2 unspecified atom stereocenters. The Morgan fingerprint density at radius 1 is 1.54 bits per heavy atom. The number of alkyl halides is 2. The van der Waals surface area contributed by atoms with E-state index in [1.54, 1.807) is 0 Å². The molecule has 0 radical (unpaired) electrons. The molecule has 0 aliphatic heterocycles. The van der Waals surface area contributed by atoms with Gasteiger partial charge < -0.3 is 5.11 Å². The zero-order valence-corrected chi connectivity index (χ0v) is 10.6. The highest BCUT2D eigenvalue weighted by Crippen LogP contribution is 2.44. The number of aliphatic carboxylic acids is 1. The zero-order valence-electron chi connectivity index (χ0n) is 7.43. The second-order valence-corrected chi connectivity index (χ2v) is 5.51. The van der Waals surface area contributed by atoms with Gasteiger partial charge in [-0.05, 0) is 19.3 Å². The Kier molecular flexibility index (Phi) is 4.23. The number of halogens is 2. The second kappa shape index (κ2) is 4.78. The fraction of sp³-hybridized carbons (Fsp3) is 0.889. The van der Waals surface area contributed by atoms with Gasteiger partial charge in [0.15, 0.2) is 0 Å². The first-order valence-corrected chi connectivity index (χ1v) is 6.60. The van der Waals surface area contributed by atoms with Crippen LogP contribution in [0.1, 0.15) is 32.1 Å². The molecule has 1 rings (SSSR count). The number of carbonyl (C=O) groups is 1. The SMILES string of the molecule is O=C(O)C1(CCBr)CCCCC1Br. The van der Waals surface area contributed by atoms with Gasteiger partial charge >= 0.3 is 5.97 Å². The normalized spacial score (nSPS) is 34.5. The third kappa shape index (κ3) is 2.27. The molecule has 1 fully saturated rings. The van der Waals surface area contributed by atoms with Crippen molar-refractivity contribution in [3.63, 3.8) is 0 Å². The Labute approximate surface area is 95.3 Å². The van der Waals surface area contributed by atoms with Gasteiger partial charge in [0.1, 0.15) is 0 Å². The minimum Gasteiger partial charge on any atom is -0.481 e. The Morgan fingerprint density at radius 3 is 2.69 bits per heavy atom. The molecule has 0 amide bonds. The highest BCUT2D eigenvalue weighted by molar-refractivity contribution is 9.09. The van der Waals surface area contributed by atoms with Crippen molar-refractivity contribution in [2.45, 2.75) is 36.9 Å². The monoisotopic (exact) mass is 312 g/mol. The molecule has 13 heavy (non-hydrogen) atoms. The Hall–Kier alpha value is 0.430. The molecule has 76 valence electrons. The summed E-state index contributed by atoms with van der Waals surface area (Å²) in [6, 6.07) is 0. The highest BCUT2D eigenvalue weighted by Gasteiger charge is 2.45. The molecular formula is C9H14Br2O2. The largest absolute Gasteiger partial charge is 0.481 e. The van der Waals surface area contributed by atoms with Crippen molar-refractivity contribution in [2.75, 3.05) is 5.33 Å². The molecule has 2 atom stereocenters. The molecule has 0 heterocycles. The second-order valence-electron chi connectivity index (χ2n) is 3.61. The van der Waals surface area contributed by atoms with E-state index in [-0.39, 0.29) is 4.83 Å². The maximum absolute atomic E-state index is 11.2. The van der Waals surface area contributed by atoms with Gasteiger partial charge in [-0.2, -0.15) is 0 Å². The minimum absolute atomic E-state index is 0.142. The molecule has 1 saturated carbocycles. The standard InChI is InChI=1S/C9H14Br2O2/c10-6-5-9(8(12)13)4-2-1-3-7(9)11/h7H,1-6H2,(H,12,13). The fourth-order valence-corrected chi connectivity index (χ4v) is 3.68. The molecule has 0 bridgehead atoms. The first-order chi connectivity index (χ1) is 6.13. The minimum atomic E-state index is -0.645. The van der Waals surface area contributed by atoms with E-state index in [0.29, 0.717) is 0 Å². The molecular weight excluding hydrogens is 300 g/mol. The van der Waals surface area contributed by atoms with Crippen molar-refractivity contribution >= 4 is 37.8 Å². The lowest BCUT2D eigenvalue weighted by atomic mass is 9.72. The summed E-state index contributed by atoms with van der Waals surface area (Å²) in [4.78, 5) is 11.4. The van der Waals surface area contributed by atoms with E-state index in [9.17, 15) is 9.90 Å². The molecule has 0 aromatic rings. The summed E-state index contributed by atoms with van der Waals surface area (Å²) < 4.78 is 0. The number of hydrogen-bond donors (Lipinski definition) is 1. The van der Waals surface area contributed by atoms with Gasteiger partial charge in [-0.1, -0.05) is 44.7 Å². The first-order valence-electron chi connectivity index (χ1n) is 4.57. The van der Waals surface area contributed by atoms with Crippen LogP contribution in [0.25, 0.3) is 0 Å². The van der Waals surface area contributed by atoms with E-state index in [0.717, 1.165) is 37.4 Å². The van der Waals surface area contributed by atoms with E-state index in [2.05, 4.69) is 31.9 Å². The van der Waals surface area contributed by atoms with Crippen LogP contribution in [-0.4, -0.2) is 21.2 Å². The van der Waals surface area contributed by atoms with Crippen LogP contribution in [0.4, 0.5) is 0 Å². The summed E-state index contributed by atoms with van der Waals surface area (Å²) >= 11 is 6.84. The van der Waals surface area contributed by atoms with Crippen LogP contribution in [0.5, 0.6) is 0 Å². The quantitative estimate of drug-likeness (QED) is 0.813. The van der Waals surface area contributed by atoms with Crippen molar-refractivity contribution < 1.29 is 9.90 Å². The Bertz CT molecular complexity index is 192. The smallest absolute Gasteiger partial charge is 0.310 e. The molecule has 1 aliphatic rings.